The molecule has 1 rings (SSSR count). The summed E-state index contributed by atoms with van der Waals surface area (Å²) in [5, 5.41) is 7.12. The van der Waals surface area contributed by atoms with E-state index in [0.29, 0.717) is 0 Å². The van der Waals surface area contributed by atoms with Crippen LogP contribution in [0.15, 0.2) is 9.15 Å². The van der Waals surface area contributed by atoms with E-state index in [4.69, 9.17) is 9.90 Å². The van der Waals surface area contributed by atoms with Gasteiger partial charge in [0.2, 0.25) is 0 Å². The first-order valence-corrected chi connectivity index (χ1v) is 2.64. The minimum Gasteiger partial charge on any atom is -0.475 e. The van der Waals surface area contributed by atoms with Crippen molar-refractivity contribution in [2.45, 2.75) is 12.4 Å². The molecule has 0 spiro atoms. The Morgan fingerprint density at radius 1 is 1.07 bits per heavy atom. The van der Waals surface area contributed by atoms with E-state index in [1.165, 1.54) is 0 Å². The summed E-state index contributed by atoms with van der Waals surface area (Å²) in [6, 6.07) is 0. The number of rotatable bonds is 0. The molecule has 15 heavy (non-hydrogen) atoms. The molecular weight excluding hydrogens is 332 g/mol. The van der Waals surface area contributed by atoms with Gasteiger partial charge in [0, 0.05) is 20.4 Å². The quantitative estimate of drug-likeness (QED) is 0.342. The van der Waals surface area contributed by atoms with Gasteiger partial charge in [-0.05, 0) is 0 Å². The fourth-order valence-electron chi connectivity index (χ4n) is 0.115. The smallest absolute Gasteiger partial charge is 0.475 e. The zero-order valence-corrected chi connectivity index (χ0v) is 7.81. The minimum absolute atomic E-state index is 0. The van der Waals surface area contributed by atoms with Gasteiger partial charge >= 0.3 is 18.3 Å². The molecule has 0 saturated heterocycles. The summed E-state index contributed by atoms with van der Waals surface area (Å²) < 4.78 is 71.3. The molecule has 0 unspecified atom stereocenters. The normalized spacial score (nSPS) is 11.3. The van der Waals surface area contributed by atoms with Gasteiger partial charge in [-0.15, -0.1) is 0 Å². The van der Waals surface area contributed by atoms with E-state index in [2.05, 4.69) is 9.15 Å². The van der Waals surface area contributed by atoms with E-state index in [-0.39, 0.29) is 20.4 Å². The zero-order chi connectivity index (χ0) is 11.6. The van der Waals surface area contributed by atoms with Gasteiger partial charge in [0.05, 0.1) is 0 Å². The van der Waals surface area contributed by atoms with Crippen LogP contribution in [0.2, 0.25) is 0 Å². The van der Waals surface area contributed by atoms with E-state index in [9.17, 15) is 26.3 Å². The molecule has 1 aromatic rings. The van der Waals surface area contributed by atoms with E-state index in [1.54, 1.807) is 0 Å². The summed E-state index contributed by atoms with van der Waals surface area (Å²) in [6.07, 6.45) is -9.50. The van der Waals surface area contributed by atoms with Gasteiger partial charge in [0.1, 0.15) is 5.96 Å². The first-order valence-electron chi connectivity index (χ1n) is 2.64. The third-order valence-corrected chi connectivity index (χ3v) is 0.641. The van der Waals surface area contributed by atoms with Crippen molar-refractivity contribution in [3.8, 4) is 0 Å². The maximum absolute atomic E-state index is 11.0. The van der Waals surface area contributed by atoms with Crippen molar-refractivity contribution in [1.82, 2.24) is 0 Å². The molecule has 94 valence electrons. The molecule has 1 aromatic heterocycles. The predicted octanol–water partition coefficient (Wildman–Crippen LogP) is 2.24. The molecule has 0 saturated carbocycles. The van der Waals surface area contributed by atoms with Crippen LogP contribution in [-0.4, -0.2) is 17.3 Å². The number of carboxylic acids is 1. The third-order valence-electron chi connectivity index (χ3n) is 0.641. The summed E-state index contributed by atoms with van der Waals surface area (Å²) in [7, 11) is 0. The SMILES string of the molecule is FC(F)(F)[c-]1oo1.O=C(O)C(F)(F)F.[Pd]. The maximum Gasteiger partial charge on any atom is 0.490 e. The fraction of sp³-hybridized carbons (Fsp3) is 0.500. The second-order valence-corrected chi connectivity index (χ2v) is 1.75. The fourth-order valence-corrected chi connectivity index (χ4v) is 0.115. The van der Waals surface area contributed by atoms with Gasteiger partial charge in [-0.2, -0.15) is 26.3 Å². The molecule has 11 heteroatoms. The molecule has 0 aliphatic carbocycles. The molecule has 4 nitrogen and oxygen atoms in total. The Morgan fingerprint density at radius 2 is 1.33 bits per heavy atom. The Morgan fingerprint density at radius 3 is 1.33 bits per heavy atom. The number of hydrogen-bond acceptors (Lipinski definition) is 3. The molecule has 1 N–H and O–H groups in total. The zero-order valence-electron chi connectivity index (χ0n) is 6.26. The number of carbonyl (C=O) groups is 1. The Balaban J connectivity index is 0. The molecule has 0 aromatic carbocycles. The monoisotopic (exact) mass is 333 g/mol. The molecule has 0 atom stereocenters. The average molecular weight is 333 g/mol. The van der Waals surface area contributed by atoms with Gasteiger partial charge in [-0.25, -0.2) is 4.79 Å². The van der Waals surface area contributed by atoms with Crippen LogP contribution >= 0.6 is 0 Å². The number of hydrogen-bond donors (Lipinski definition) is 1. The van der Waals surface area contributed by atoms with Crippen molar-refractivity contribution < 1.29 is 65.8 Å². The summed E-state index contributed by atoms with van der Waals surface area (Å²) >= 11 is 0. The average Bonchev–Trinajstić information content (AvgIpc) is 2.62. The van der Waals surface area contributed by atoms with Gasteiger partial charge in [-0.3, -0.25) is 0 Å². The summed E-state index contributed by atoms with van der Waals surface area (Å²) in [4.78, 5) is 8.90. The van der Waals surface area contributed by atoms with E-state index in [1.807, 2.05) is 0 Å². The standard InChI is InChI=1S/C2F3O2.C2HF3O2.Pd/c3-2(4,5)1-6-7-1;3-2(4,5)1(6)7;/h;(H,6,7);/q-1;;. The molecule has 0 radical (unpaired) electrons. The molecule has 0 fully saturated rings. The predicted molar refractivity (Wildman–Crippen MR) is 25.3 cm³/mol. The van der Waals surface area contributed by atoms with Crippen LogP contribution in [0.1, 0.15) is 5.96 Å². The Bertz CT molecular complexity index is 268. The summed E-state index contributed by atoms with van der Waals surface area (Å²) in [6.45, 7) is 0. The van der Waals surface area contributed by atoms with Crippen molar-refractivity contribution in [2.75, 3.05) is 0 Å². The summed E-state index contributed by atoms with van der Waals surface area (Å²) in [5.41, 5.74) is 0. The molecule has 0 amide bonds. The van der Waals surface area contributed by atoms with Gasteiger partial charge in [0.15, 0.2) is 0 Å². The van der Waals surface area contributed by atoms with Crippen LogP contribution in [-0.2, 0) is 31.4 Å². The molecule has 0 bridgehead atoms. The first kappa shape index (κ1) is 16.6. The number of halogens is 6. The van der Waals surface area contributed by atoms with Crippen molar-refractivity contribution in [3.63, 3.8) is 0 Å². The maximum atomic E-state index is 11.0. The van der Waals surface area contributed by atoms with Crippen molar-refractivity contribution in [3.05, 3.63) is 5.96 Å². The topological polar surface area (TPSA) is 63.6 Å². The number of alkyl halides is 6. The van der Waals surface area contributed by atoms with E-state index in [0.717, 1.165) is 0 Å². The number of carboxylic acid groups (broad SMARTS) is 1. The van der Waals surface area contributed by atoms with Crippen molar-refractivity contribution in [2.24, 2.45) is 0 Å². The first-order chi connectivity index (χ1) is 6.05. The number of aliphatic carboxylic acids is 1. The van der Waals surface area contributed by atoms with Crippen LogP contribution in [0.25, 0.3) is 0 Å². The van der Waals surface area contributed by atoms with E-state index >= 15 is 0 Å². The summed E-state index contributed by atoms with van der Waals surface area (Å²) in [5.74, 6) is -4.01. The Hall–Kier alpha value is -0.818. The van der Waals surface area contributed by atoms with Crippen molar-refractivity contribution in [1.29, 1.82) is 0 Å². The Labute approximate surface area is 90.8 Å². The third kappa shape index (κ3) is 8.20. The second kappa shape index (κ2) is 5.32. The Kier molecular flexibility index (Phi) is 5.89. The van der Waals surface area contributed by atoms with E-state index < -0.39 is 24.3 Å². The second-order valence-electron chi connectivity index (χ2n) is 1.75. The molecule has 1 heterocycles. The van der Waals surface area contributed by atoms with Gasteiger partial charge < -0.3 is 14.3 Å². The minimum atomic E-state index is -5.08. The van der Waals surface area contributed by atoms with Gasteiger partial charge in [0.25, 0.3) is 0 Å². The van der Waals surface area contributed by atoms with Crippen LogP contribution < -0.4 is 0 Å². The molecular formula is C4HF6O4Pd-. The van der Waals surface area contributed by atoms with Crippen LogP contribution in [0, 0.1) is 0 Å². The van der Waals surface area contributed by atoms with Crippen LogP contribution in [0.5, 0.6) is 0 Å². The van der Waals surface area contributed by atoms with Crippen LogP contribution in [0.4, 0.5) is 26.3 Å². The van der Waals surface area contributed by atoms with Crippen molar-refractivity contribution >= 4 is 5.97 Å². The molecule has 0 aliphatic heterocycles. The van der Waals surface area contributed by atoms with Crippen LogP contribution in [0.3, 0.4) is 0 Å². The molecule has 0 aliphatic rings. The van der Waals surface area contributed by atoms with Gasteiger partial charge in [-0.1, -0.05) is 0 Å². The largest absolute Gasteiger partial charge is 0.490 e.